The van der Waals surface area contributed by atoms with Crippen LogP contribution in [0.4, 0.5) is 29.5 Å². The number of amides is 1. The maximum absolute atomic E-state index is 12.6. The van der Waals surface area contributed by atoms with Gasteiger partial charge in [-0.3, -0.25) is 0 Å². The Morgan fingerprint density at radius 1 is 1.12 bits per heavy atom. The molecule has 6 nitrogen and oxygen atoms in total. The Bertz CT molecular complexity index is 777. The van der Waals surface area contributed by atoms with Crippen LogP contribution in [0.5, 0.6) is 5.75 Å². The Kier molecular flexibility index (Phi) is 5.60. The number of alkyl halides is 3. The van der Waals surface area contributed by atoms with Gasteiger partial charge in [0, 0.05) is 6.07 Å². The van der Waals surface area contributed by atoms with Crippen molar-refractivity contribution < 1.29 is 27.4 Å². The van der Waals surface area contributed by atoms with Crippen molar-refractivity contribution in [3.05, 3.63) is 41.8 Å². The largest absolute Gasteiger partial charge is 0.573 e. The molecule has 1 aromatic carbocycles. The van der Waals surface area contributed by atoms with E-state index in [2.05, 4.69) is 14.7 Å². The third kappa shape index (κ3) is 5.76. The van der Waals surface area contributed by atoms with E-state index in [0.29, 0.717) is 0 Å². The van der Waals surface area contributed by atoms with Crippen LogP contribution in [0.25, 0.3) is 0 Å². The molecular weight excluding hydrogens is 375 g/mol. The molecule has 0 fully saturated rings. The predicted octanol–water partition coefficient (Wildman–Crippen LogP) is 5.10. The number of carbonyl (C=O) groups is 1. The minimum absolute atomic E-state index is 0.0839. The molecule has 0 saturated heterocycles. The smallest absolute Gasteiger partial charge is 0.443 e. The average molecular weight is 390 g/mol. The first-order valence-electron chi connectivity index (χ1n) is 7.31. The molecule has 0 bridgehead atoms. The van der Waals surface area contributed by atoms with E-state index < -0.39 is 23.8 Å². The molecule has 1 heterocycles. The summed E-state index contributed by atoms with van der Waals surface area (Å²) >= 11 is 5.84. The van der Waals surface area contributed by atoms with Crippen molar-refractivity contribution in [3.63, 3.8) is 0 Å². The van der Waals surface area contributed by atoms with Gasteiger partial charge in [-0.25, -0.2) is 19.7 Å². The normalized spacial score (nSPS) is 11.8. The van der Waals surface area contributed by atoms with Crippen LogP contribution < -0.4 is 9.64 Å². The molecule has 0 aliphatic heterocycles. The van der Waals surface area contributed by atoms with Crippen molar-refractivity contribution in [2.75, 3.05) is 4.90 Å². The van der Waals surface area contributed by atoms with Crippen molar-refractivity contribution in [3.8, 4) is 5.75 Å². The Morgan fingerprint density at radius 2 is 1.73 bits per heavy atom. The number of rotatable bonds is 3. The SMILES string of the molecule is CC(C)(C)OC(=O)N(c1ccc(OC(F)(F)F)cc1)c1cc(Cl)ncn1. The second kappa shape index (κ2) is 7.36. The van der Waals surface area contributed by atoms with Gasteiger partial charge in [0.05, 0.1) is 5.69 Å². The monoisotopic (exact) mass is 389 g/mol. The molecular formula is C16H15ClF3N3O3. The molecule has 2 aromatic rings. The number of nitrogens with zero attached hydrogens (tertiary/aromatic N) is 3. The molecule has 0 spiro atoms. The summed E-state index contributed by atoms with van der Waals surface area (Å²) in [6, 6.07) is 6.00. The lowest BCUT2D eigenvalue weighted by molar-refractivity contribution is -0.274. The molecule has 1 amide bonds. The number of carbonyl (C=O) groups excluding carboxylic acids is 1. The number of hydrogen-bond acceptors (Lipinski definition) is 5. The van der Waals surface area contributed by atoms with Gasteiger partial charge in [0.1, 0.15) is 28.6 Å². The highest BCUT2D eigenvalue weighted by Gasteiger charge is 2.31. The molecule has 0 saturated carbocycles. The number of benzene rings is 1. The van der Waals surface area contributed by atoms with E-state index in [9.17, 15) is 18.0 Å². The Morgan fingerprint density at radius 3 is 2.23 bits per heavy atom. The number of anilines is 2. The van der Waals surface area contributed by atoms with E-state index >= 15 is 0 Å². The van der Waals surface area contributed by atoms with Gasteiger partial charge < -0.3 is 9.47 Å². The fraction of sp³-hybridized carbons (Fsp3) is 0.312. The minimum atomic E-state index is -4.81. The average Bonchev–Trinajstić information content (AvgIpc) is 2.46. The van der Waals surface area contributed by atoms with Crippen molar-refractivity contribution in [1.29, 1.82) is 0 Å². The molecule has 0 radical (unpaired) electrons. The van der Waals surface area contributed by atoms with Crippen LogP contribution in [0, 0.1) is 0 Å². The van der Waals surface area contributed by atoms with Crippen molar-refractivity contribution in [2.24, 2.45) is 0 Å². The van der Waals surface area contributed by atoms with E-state index in [1.165, 1.54) is 18.2 Å². The van der Waals surface area contributed by atoms with E-state index in [-0.39, 0.29) is 16.7 Å². The summed E-state index contributed by atoms with van der Waals surface area (Å²) in [5, 5.41) is 0.0839. The minimum Gasteiger partial charge on any atom is -0.443 e. The maximum atomic E-state index is 12.6. The topological polar surface area (TPSA) is 64.5 Å². The van der Waals surface area contributed by atoms with E-state index in [1.807, 2.05) is 0 Å². The quantitative estimate of drug-likeness (QED) is 0.683. The first-order valence-corrected chi connectivity index (χ1v) is 7.69. The predicted molar refractivity (Wildman–Crippen MR) is 88.5 cm³/mol. The zero-order valence-corrected chi connectivity index (χ0v) is 14.8. The molecule has 26 heavy (non-hydrogen) atoms. The van der Waals surface area contributed by atoms with Crippen molar-refractivity contribution in [2.45, 2.75) is 32.7 Å². The van der Waals surface area contributed by atoms with E-state index in [4.69, 9.17) is 16.3 Å². The van der Waals surface area contributed by atoms with Gasteiger partial charge in [0.2, 0.25) is 0 Å². The first kappa shape index (κ1) is 19.8. The summed E-state index contributed by atoms with van der Waals surface area (Å²) in [6.45, 7) is 5.03. The van der Waals surface area contributed by atoms with Gasteiger partial charge in [-0.15, -0.1) is 13.2 Å². The van der Waals surface area contributed by atoms with Crippen LogP contribution in [0.3, 0.4) is 0 Å². The highest BCUT2D eigenvalue weighted by atomic mass is 35.5. The lowest BCUT2D eigenvalue weighted by Gasteiger charge is -2.27. The summed E-state index contributed by atoms with van der Waals surface area (Å²) < 4.78 is 46.0. The van der Waals surface area contributed by atoms with E-state index in [0.717, 1.165) is 23.4 Å². The van der Waals surface area contributed by atoms with E-state index in [1.54, 1.807) is 20.8 Å². The standard InChI is InChI=1S/C16H15ClF3N3O3/c1-15(2,3)26-14(24)23(13-8-12(17)21-9-22-13)10-4-6-11(7-5-10)25-16(18,19)20/h4-9H,1-3H3. The zero-order chi connectivity index (χ0) is 19.5. The van der Waals surface area contributed by atoms with Crippen molar-refractivity contribution >= 4 is 29.2 Å². The zero-order valence-electron chi connectivity index (χ0n) is 14.0. The summed E-state index contributed by atoms with van der Waals surface area (Å²) in [5.74, 6) is -0.324. The first-order chi connectivity index (χ1) is 11.9. The molecule has 0 N–H and O–H groups in total. The second-order valence-electron chi connectivity index (χ2n) is 6.06. The van der Waals surface area contributed by atoms with Gasteiger partial charge in [-0.1, -0.05) is 11.6 Å². The third-order valence-electron chi connectivity index (χ3n) is 2.75. The van der Waals surface area contributed by atoms with Crippen LogP contribution in [-0.4, -0.2) is 28.0 Å². The fourth-order valence-electron chi connectivity index (χ4n) is 1.88. The fourth-order valence-corrected chi connectivity index (χ4v) is 2.02. The molecule has 0 aliphatic carbocycles. The van der Waals surface area contributed by atoms with Gasteiger partial charge in [-0.2, -0.15) is 0 Å². The number of hydrogen-bond donors (Lipinski definition) is 0. The maximum Gasteiger partial charge on any atom is 0.573 e. The van der Waals surface area contributed by atoms with Crippen LogP contribution in [0.2, 0.25) is 5.15 Å². The molecule has 2 rings (SSSR count). The Hall–Kier alpha value is -2.55. The lowest BCUT2D eigenvalue weighted by atomic mass is 10.2. The third-order valence-corrected chi connectivity index (χ3v) is 2.96. The number of halogens is 4. The molecule has 10 heteroatoms. The Balaban J connectivity index is 2.39. The molecule has 0 unspecified atom stereocenters. The number of aromatic nitrogens is 2. The molecule has 0 atom stereocenters. The van der Waals surface area contributed by atoms with Crippen molar-refractivity contribution in [1.82, 2.24) is 9.97 Å². The van der Waals surface area contributed by atoms with Crippen LogP contribution in [-0.2, 0) is 4.74 Å². The second-order valence-corrected chi connectivity index (χ2v) is 6.44. The van der Waals surface area contributed by atoms with Gasteiger partial charge >= 0.3 is 12.5 Å². The van der Waals surface area contributed by atoms with Crippen LogP contribution in [0.1, 0.15) is 20.8 Å². The molecule has 140 valence electrons. The van der Waals surface area contributed by atoms with Crippen LogP contribution in [0.15, 0.2) is 36.7 Å². The number of ether oxygens (including phenoxy) is 2. The van der Waals surface area contributed by atoms with Gasteiger partial charge in [0.15, 0.2) is 0 Å². The Labute approximate surface area is 152 Å². The van der Waals surface area contributed by atoms with Gasteiger partial charge in [0.25, 0.3) is 0 Å². The van der Waals surface area contributed by atoms with Gasteiger partial charge in [-0.05, 0) is 45.0 Å². The lowest BCUT2D eigenvalue weighted by Crippen LogP contribution is -2.34. The highest BCUT2D eigenvalue weighted by molar-refractivity contribution is 6.29. The molecule has 0 aliphatic rings. The van der Waals surface area contributed by atoms with Crippen LogP contribution >= 0.6 is 11.6 Å². The molecule has 1 aromatic heterocycles. The summed E-state index contributed by atoms with van der Waals surface area (Å²) in [4.78, 5) is 21.3. The highest BCUT2D eigenvalue weighted by Crippen LogP contribution is 2.30. The summed E-state index contributed by atoms with van der Waals surface area (Å²) in [7, 11) is 0. The summed E-state index contributed by atoms with van der Waals surface area (Å²) in [5.41, 5.74) is -0.588. The summed E-state index contributed by atoms with van der Waals surface area (Å²) in [6.07, 6.45) is -4.44.